The predicted molar refractivity (Wildman–Crippen MR) is 74.3 cm³/mol. The fourth-order valence-electron chi connectivity index (χ4n) is 2.52. The number of rotatable bonds is 5. The van der Waals surface area contributed by atoms with Crippen molar-refractivity contribution >= 4 is 11.3 Å². The molecule has 2 heterocycles. The van der Waals surface area contributed by atoms with Gasteiger partial charge in [0.1, 0.15) is 0 Å². The van der Waals surface area contributed by atoms with Gasteiger partial charge in [-0.2, -0.15) is 13.2 Å². The van der Waals surface area contributed by atoms with Crippen molar-refractivity contribution in [3.05, 3.63) is 15.6 Å². The van der Waals surface area contributed by atoms with Crippen LogP contribution in [-0.2, 0) is 23.9 Å². The summed E-state index contributed by atoms with van der Waals surface area (Å²) in [6, 6.07) is 0.387. The number of ether oxygens (including phenoxy) is 1. The molecule has 1 aliphatic carbocycles. The van der Waals surface area contributed by atoms with Crippen LogP contribution in [0.3, 0.4) is 0 Å². The molecule has 1 N–H and O–H groups in total. The summed E-state index contributed by atoms with van der Waals surface area (Å²) < 4.78 is 44.8. The zero-order chi connectivity index (χ0) is 14.9. The highest BCUT2D eigenvalue weighted by Crippen LogP contribution is 2.35. The summed E-state index contributed by atoms with van der Waals surface area (Å²) in [6.45, 7) is 0.973. The van der Waals surface area contributed by atoms with Crippen LogP contribution >= 0.6 is 11.3 Å². The third-order valence-electron chi connectivity index (χ3n) is 3.82. The maximum absolute atomic E-state index is 13.1. The SMILES string of the molecule is FC(F)(F)c1nc(CC2CCCCO2)sc1CNC1CC1. The van der Waals surface area contributed by atoms with Crippen LogP contribution < -0.4 is 5.32 Å². The van der Waals surface area contributed by atoms with Gasteiger partial charge >= 0.3 is 6.18 Å². The van der Waals surface area contributed by atoms with Gasteiger partial charge < -0.3 is 10.1 Å². The third kappa shape index (κ3) is 4.17. The molecule has 0 bridgehead atoms. The highest BCUT2D eigenvalue weighted by molar-refractivity contribution is 7.11. The van der Waals surface area contributed by atoms with Gasteiger partial charge in [0.15, 0.2) is 5.69 Å². The van der Waals surface area contributed by atoms with Crippen molar-refractivity contribution in [1.82, 2.24) is 10.3 Å². The van der Waals surface area contributed by atoms with E-state index in [2.05, 4.69) is 10.3 Å². The van der Waals surface area contributed by atoms with Gasteiger partial charge in [-0.15, -0.1) is 11.3 Å². The van der Waals surface area contributed by atoms with E-state index in [0.717, 1.165) is 32.1 Å². The Labute approximate surface area is 125 Å². The topological polar surface area (TPSA) is 34.1 Å². The van der Waals surface area contributed by atoms with E-state index in [0.29, 0.717) is 29.0 Å². The molecular formula is C14H19F3N2OS. The quantitative estimate of drug-likeness (QED) is 0.901. The maximum atomic E-state index is 13.1. The van der Waals surface area contributed by atoms with E-state index in [4.69, 9.17) is 4.74 Å². The van der Waals surface area contributed by atoms with E-state index in [1.54, 1.807) is 0 Å². The molecule has 0 spiro atoms. The van der Waals surface area contributed by atoms with E-state index in [9.17, 15) is 13.2 Å². The molecule has 0 radical (unpaired) electrons. The van der Waals surface area contributed by atoms with Gasteiger partial charge in [-0.1, -0.05) is 0 Å². The molecule has 1 atom stereocenters. The molecule has 1 saturated heterocycles. The molecule has 0 aromatic carbocycles. The molecule has 3 nitrogen and oxygen atoms in total. The highest BCUT2D eigenvalue weighted by Gasteiger charge is 2.38. The summed E-state index contributed by atoms with van der Waals surface area (Å²) in [4.78, 5) is 4.15. The Bertz CT molecular complexity index is 479. The van der Waals surface area contributed by atoms with Crippen LogP contribution in [0.2, 0.25) is 0 Å². The molecule has 1 unspecified atom stereocenters. The zero-order valence-corrected chi connectivity index (χ0v) is 12.5. The van der Waals surface area contributed by atoms with Gasteiger partial charge in [-0.25, -0.2) is 4.98 Å². The van der Waals surface area contributed by atoms with Crippen molar-refractivity contribution < 1.29 is 17.9 Å². The summed E-state index contributed by atoms with van der Waals surface area (Å²) in [5.74, 6) is 0. The zero-order valence-electron chi connectivity index (χ0n) is 11.7. The van der Waals surface area contributed by atoms with E-state index in [-0.39, 0.29) is 12.6 Å². The van der Waals surface area contributed by atoms with E-state index >= 15 is 0 Å². The Kier molecular flexibility index (Phi) is 4.51. The third-order valence-corrected chi connectivity index (χ3v) is 4.89. The molecule has 1 aliphatic heterocycles. The number of alkyl halides is 3. The second-order valence-electron chi connectivity index (χ2n) is 5.73. The van der Waals surface area contributed by atoms with Crippen molar-refractivity contribution in [2.45, 2.75) is 63.4 Å². The Morgan fingerprint density at radius 1 is 1.24 bits per heavy atom. The summed E-state index contributed by atoms with van der Waals surface area (Å²) in [5, 5.41) is 3.68. The minimum absolute atomic E-state index is 0.0234. The lowest BCUT2D eigenvalue weighted by Gasteiger charge is -2.21. The van der Waals surface area contributed by atoms with Crippen LogP contribution in [0.15, 0.2) is 0 Å². The second kappa shape index (κ2) is 6.22. The molecule has 118 valence electrons. The number of hydrogen-bond acceptors (Lipinski definition) is 4. The van der Waals surface area contributed by atoms with Crippen molar-refractivity contribution in [3.63, 3.8) is 0 Å². The minimum Gasteiger partial charge on any atom is -0.378 e. The first-order valence-electron chi connectivity index (χ1n) is 7.43. The van der Waals surface area contributed by atoms with Crippen LogP contribution in [0.25, 0.3) is 0 Å². The van der Waals surface area contributed by atoms with Crippen molar-refractivity contribution in [1.29, 1.82) is 0 Å². The Morgan fingerprint density at radius 3 is 2.67 bits per heavy atom. The smallest absolute Gasteiger partial charge is 0.378 e. The molecule has 21 heavy (non-hydrogen) atoms. The molecule has 1 saturated carbocycles. The first-order valence-corrected chi connectivity index (χ1v) is 8.25. The van der Waals surface area contributed by atoms with E-state index in [1.807, 2.05) is 0 Å². The van der Waals surface area contributed by atoms with Crippen LogP contribution in [0.4, 0.5) is 13.2 Å². The lowest BCUT2D eigenvalue weighted by atomic mass is 10.1. The van der Waals surface area contributed by atoms with Crippen LogP contribution in [0.5, 0.6) is 0 Å². The lowest BCUT2D eigenvalue weighted by molar-refractivity contribution is -0.141. The maximum Gasteiger partial charge on any atom is 0.434 e. The fourth-order valence-corrected chi connectivity index (χ4v) is 3.62. The number of halogens is 3. The first kappa shape index (κ1) is 15.2. The minimum atomic E-state index is -4.37. The summed E-state index contributed by atoms with van der Waals surface area (Å²) in [6.07, 6.45) is 1.30. The Hall–Kier alpha value is -0.660. The van der Waals surface area contributed by atoms with Crippen molar-refractivity contribution in [2.75, 3.05) is 6.61 Å². The normalized spacial score (nSPS) is 23.5. The Morgan fingerprint density at radius 2 is 2.05 bits per heavy atom. The highest BCUT2D eigenvalue weighted by atomic mass is 32.1. The number of aromatic nitrogens is 1. The largest absolute Gasteiger partial charge is 0.434 e. The molecule has 3 rings (SSSR count). The number of hydrogen-bond donors (Lipinski definition) is 1. The molecule has 2 fully saturated rings. The lowest BCUT2D eigenvalue weighted by Crippen LogP contribution is -2.21. The molecule has 2 aliphatic rings. The molecule has 1 aromatic heterocycles. The van der Waals surface area contributed by atoms with Crippen LogP contribution in [0.1, 0.15) is 47.7 Å². The summed E-state index contributed by atoms with van der Waals surface area (Å²) in [7, 11) is 0. The van der Waals surface area contributed by atoms with E-state index < -0.39 is 11.9 Å². The number of nitrogens with one attached hydrogen (secondary N) is 1. The standard InChI is InChI=1S/C14H19F3N2OS/c15-14(16,17)13-11(8-18-9-4-5-9)21-12(19-13)7-10-3-1-2-6-20-10/h9-10,18H,1-8H2. The summed E-state index contributed by atoms with van der Waals surface area (Å²) in [5.41, 5.74) is -0.716. The van der Waals surface area contributed by atoms with Gasteiger partial charge in [0, 0.05) is 25.6 Å². The van der Waals surface area contributed by atoms with Crippen molar-refractivity contribution in [3.8, 4) is 0 Å². The van der Waals surface area contributed by atoms with Gasteiger partial charge in [-0.3, -0.25) is 0 Å². The summed E-state index contributed by atoms with van der Waals surface area (Å²) >= 11 is 1.18. The number of nitrogens with zero attached hydrogens (tertiary/aromatic N) is 1. The Balaban J connectivity index is 1.70. The van der Waals surface area contributed by atoms with Gasteiger partial charge in [0.2, 0.25) is 0 Å². The molecule has 1 aromatic rings. The fraction of sp³-hybridized carbons (Fsp3) is 0.786. The molecular weight excluding hydrogens is 301 g/mol. The average Bonchev–Trinajstić information content (AvgIpc) is 3.17. The van der Waals surface area contributed by atoms with Gasteiger partial charge in [-0.05, 0) is 32.1 Å². The molecule has 7 heteroatoms. The van der Waals surface area contributed by atoms with E-state index in [1.165, 1.54) is 11.3 Å². The monoisotopic (exact) mass is 320 g/mol. The second-order valence-corrected chi connectivity index (χ2v) is 6.89. The van der Waals surface area contributed by atoms with Crippen LogP contribution in [-0.4, -0.2) is 23.7 Å². The predicted octanol–water partition coefficient (Wildman–Crippen LogP) is 3.53. The van der Waals surface area contributed by atoms with Gasteiger partial charge in [0.05, 0.1) is 16.0 Å². The number of thiazole rings is 1. The average molecular weight is 320 g/mol. The molecule has 0 amide bonds. The van der Waals surface area contributed by atoms with Crippen molar-refractivity contribution in [2.24, 2.45) is 0 Å². The first-order chi connectivity index (χ1) is 10.0. The van der Waals surface area contributed by atoms with Gasteiger partial charge in [0.25, 0.3) is 0 Å². The van der Waals surface area contributed by atoms with Crippen LogP contribution in [0, 0.1) is 0 Å².